The second kappa shape index (κ2) is 8.10. The third-order valence-electron chi connectivity index (χ3n) is 4.69. The maximum Gasteiger partial charge on any atom is 0.227 e. The van der Waals surface area contributed by atoms with Gasteiger partial charge in [-0.2, -0.15) is 4.98 Å². The number of ether oxygens (including phenoxy) is 1. The number of benzene rings is 1. The first-order chi connectivity index (χ1) is 12.5. The average Bonchev–Trinajstić information content (AvgIpc) is 2.64. The third-order valence-corrected chi connectivity index (χ3v) is 5.10. The van der Waals surface area contributed by atoms with Crippen molar-refractivity contribution in [3.8, 4) is 5.75 Å². The summed E-state index contributed by atoms with van der Waals surface area (Å²) in [6.45, 7) is 11.2. The van der Waals surface area contributed by atoms with Crippen molar-refractivity contribution in [2.75, 3.05) is 50.1 Å². The summed E-state index contributed by atoms with van der Waals surface area (Å²) in [5.74, 6) is 2.22. The second-order valence-electron chi connectivity index (χ2n) is 6.54. The van der Waals surface area contributed by atoms with Crippen LogP contribution in [0.4, 0.5) is 17.5 Å². The summed E-state index contributed by atoms with van der Waals surface area (Å²) < 4.78 is 5.45. The second-order valence-corrected chi connectivity index (χ2v) is 6.95. The Labute approximate surface area is 160 Å². The van der Waals surface area contributed by atoms with Crippen LogP contribution in [0.1, 0.15) is 18.2 Å². The van der Waals surface area contributed by atoms with Gasteiger partial charge in [-0.3, -0.25) is 0 Å². The maximum atomic E-state index is 6.20. The first kappa shape index (κ1) is 18.7. The zero-order valence-electron chi connectivity index (χ0n) is 15.8. The van der Waals surface area contributed by atoms with E-state index in [0.717, 1.165) is 61.4 Å². The van der Waals surface area contributed by atoms with E-state index in [1.165, 1.54) is 0 Å². The minimum absolute atomic E-state index is 0.681. The van der Waals surface area contributed by atoms with Gasteiger partial charge in [0.15, 0.2) is 0 Å². The van der Waals surface area contributed by atoms with E-state index < -0.39 is 0 Å². The van der Waals surface area contributed by atoms with Crippen molar-refractivity contribution in [1.29, 1.82) is 0 Å². The van der Waals surface area contributed by atoms with Crippen molar-refractivity contribution in [1.82, 2.24) is 14.9 Å². The van der Waals surface area contributed by atoms with E-state index in [1.54, 1.807) is 7.11 Å². The van der Waals surface area contributed by atoms with E-state index >= 15 is 0 Å². The number of piperazine rings is 1. The number of likely N-dealkylation sites (N-methyl/N-ethyl adjacent to an activating group) is 1. The van der Waals surface area contributed by atoms with Gasteiger partial charge < -0.3 is 19.9 Å². The number of nitrogens with zero attached hydrogens (tertiary/aromatic N) is 4. The highest BCUT2D eigenvalue weighted by molar-refractivity contribution is 6.31. The monoisotopic (exact) mass is 375 g/mol. The minimum Gasteiger partial charge on any atom is -0.495 e. The predicted molar refractivity (Wildman–Crippen MR) is 107 cm³/mol. The van der Waals surface area contributed by atoms with Gasteiger partial charge in [-0.15, -0.1) is 0 Å². The molecule has 0 bridgehead atoms. The molecule has 0 spiro atoms. The highest BCUT2D eigenvalue weighted by atomic mass is 35.5. The van der Waals surface area contributed by atoms with Gasteiger partial charge in [0.2, 0.25) is 5.95 Å². The Morgan fingerprint density at radius 3 is 2.50 bits per heavy atom. The van der Waals surface area contributed by atoms with Crippen molar-refractivity contribution in [2.45, 2.75) is 20.8 Å². The lowest BCUT2D eigenvalue weighted by Crippen LogP contribution is -2.46. The number of aromatic nitrogens is 2. The highest BCUT2D eigenvalue weighted by Crippen LogP contribution is 2.33. The van der Waals surface area contributed by atoms with Crippen LogP contribution in [0.3, 0.4) is 0 Å². The van der Waals surface area contributed by atoms with Crippen molar-refractivity contribution in [3.63, 3.8) is 0 Å². The fourth-order valence-corrected chi connectivity index (χ4v) is 3.24. The molecular formula is C19H26ClN5O. The Balaban J connectivity index is 1.84. The molecule has 1 aromatic heterocycles. The Kier molecular flexibility index (Phi) is 5.84. The van der Waals surface area contributed by atoms with Gasteiger partial charge in [0.05, 0.1) is 12.8 Å². The number of methoxy groups -OCH3 is 1. The van der Waals surface area contributed by atoms with Crippen molar-refractivity contribution in [3.05, 3.63) is 34.5 Å². The number of halogens is 1. The largest absolute Gasteiger partial charge is 0.495 e. The highest BCUT2D eigenvalue weighted by Gasteiger charge is 2.19. The summed E-state index contributed by atoms with van der Waals surface area (Å²) in [7, 11) is 1.63. The number of hydrogen-bond donors (Lipinski definition) is 1. The smallest absolute Gasteiger partial charge is 0.227 e. The fraction of sp³-hybridized carbons (Fsp3) is 0.474. The zero-order chi connectivity index (χ0) is 18.7. The van der Waals surface area contributed by atoms with Gasteiger partial charge in [0.25, 0.3) is 0 Å². The molecule has 0 saturated carbocycles. The van der Waals surface area contributed by atoms with Gasteiger partial charge in [-0.05, 0) is 32.0 Å². The molecule has 1 aromatic carbocycles. The first-order valence-electron chi connectivity index (χ1n) is 8.94. The van der Waals surface area contributed by atoms with Crippen LogP contribution in [0.25, 0.3) is 0 Å². The van der Waals surface area contributed by atoms with Crippen LogP contribution in [0.5, 0.6) is 5.75 Å². The van der Waals surface area contributed by atoms with Crippen LogP contribution in [0, 0.1) is 13.8 Å². The Hall–Kier alpha value is -2.05. The zero-order valence-corrected chi connectivity index (χ0v) is 16.6. The molecule has 140 valence electrons. The molecule has 26 heavy (non-hydrogen) atoms. The standard InChI is InChI=1S/C19H26ClN5O/c1-5-24-6-8-25(9-7-24)19-21-14(3)11-18(23-19)22-16-10-13(2)15(20)12-17(16)26-4/h10-12H,5-9H2,1-4H3,(H,21,22,23). The molecule has 6 nitrogen and oxygen atoms in total. The van der Waals surface area contributed by atoms with Crippen LogP contribution in [0.15, 0.2) is 18.2 Å². The van der Waals surface area contributed by atoms with Crippen molar-refractivity contribution >= 4 is 29.1 Å². The summed E-state index contributed by atoms with van der Waals surface area (Å²) >= 11 is 6.20. The van der Waals surface area contributed by atoms with E-state index in [1.807, 2.05) is 32.0 Å². The molecule has 1 saturated heterocycles. The molecule has 2 heterocycles. The molecule has 0 amide bonds. The Morgan fingerprint density at radius 1 is 1.12 bits per heavy atom. The van der Waals surface area contributed by atoms with Crippen LogP contribution >= 0.6 is 11.6 Å². The summed E-state index contributed by atoms with van der Waals surface area (Å²) in [4.78, 5) is 14.0. The molecule has 0 atom stereocenters. The molecule has 1 aliphatic rings. The van der Waals surface area contributed by atoms with E-state index in [2.05, 4.69) is 27.0 Å². The SMILES string of the molecule is CCN1CCN(c2nc(C)cc(Nc3cc(C)c(Cl)cc3OC)n2)CC1. The number of nitrogens with one attached hydrogen (secondary N) is 1. The lowest BCUT2D eigenvalue weighted by molar-refractivity contribution is 0.270. The van der Waals surface area contributed by atoms with Gasteiger partial charge in [-0.25, -0.2) is 4.98 Å². The van der Waals surface area contributed by atoms with E-state index in [-0.39, 0.29) is 0 Å². The van der Waals surface area contributed by atoms with Crippen LogP contribution in [0.2, 0.25) is 5.02 Å². The van der Waals surface area contributed by atoms with Gasteiger partial charge >= 0.3 is 0 Å². The van der Waals surface area contributed by atoms with E-state index in [0.29, 0.717) is 10.8 Å². The molecule has 1 fully saturated rings. The molecule has 0 aliphatic carbocycles. The number of anilines is 3. The lowest BCUT2D eigenvalue weighted by atomic mass is 10.2. The number of hydrogen-bond acceptors (Lipinski definition) is 6. The topological polar surface area (TPSA) is 53.5 Å². The molecule has 0 unspecified atom stereocenters. The summed E-state index contributed by atoms with van der Waals surface area (Å²) in [5, 5.41) is 4.04. The molecule has 1 N–H and O–H groups in total. The van der Waals surface area contributed by atoms with Crippen LogP contribution < -0.4 is 15.0 Å². The summed E-state index contributed by atoms with van der Waals surface area (Å²) in [6, 6.07) is 5.73. The lowest BCUT2D eigenvalue weighted by Gasteiger charge is -2.34. The molecular weight excluding hydrogens is 350 g/mol. The van der Waals surface area contributed by atoms with Crippen molar-refractivity contribution < 1.29 is 4.74 Å². The predicted octanol–water partition coefficient (Wildman–Crippen LogP) is 3.64. The van der Waals surface area contributed by atoms with Crippen LogP contribution in [-0.4, -0.2) is 54.7 Å². The summed E-state index contributed by atoms with van der Waals surface area (Å²) in [6.07, 6.45) is 0. The first-order valence-corrected chi connectivity index (χ1v) is 9.32. The minimum atomic E-state index is 0.681. The summed E-state index contributed by atoms with van der Waals surface area (Å²) in [5.41, 5.74) is 2.76. The molecule has 0 radical (unpaired) electrons. The quantitative estimate of drug-likeness (QED) is 0.861. The molecule has 1 aliphatic heterocycles. The van der Waals surface area contributed by atoms with Gasteiger partial charge in [-0.1, -0.05) is 18.5 Å². The molecule has 7 heteroatoms. The van der Waals surface area contributed by atoms with E-state index in [4.69, 9.17) is 21.3 Å². The third kappa shape index (κ3) is 4.19. The average molecular weight is 376 g/mol. The molecule has 3 rings (SSSR count). The number of aryl methyl sites for hydroxylation is 2. The van der Waals surface area contributed by atoms with E-state index in [9.17, 15) is 0 Å². The Morgan fingerprint density at radius 2 is 1.85 bits per heavy atom. The number of rotatable bonds is 5. The normalized spacial score (nSPS) is 15.2. The van der Waals surface area contributed by atoms with Gasteiger partial charge in [0, 0.05) is 49.0 Å². The van der Waals surface area contributed by atoms with Crippen LogP contribution in [-0.2, 0) is 0 Å². The van der Waals surface area contributed by atoms with Gasteiger partial charge in [0.1, 0.15) is 11.6 Å². The maximum absolute atomic E-state index is 6.20. The Bertz CT molecular complexity index is 775. The van der Waals surface area contributed by atoms with Crippen molar-refractivity contribution in [2.24, 2.45) is 0 Å². The fourth-order valence-electron chi connectivity index (χ4n) is 3.09. The molecule has 2 aromatic rings.